The van der Waals surface area contributed by atoms with Gasteiger partial charge < -0.3 is 9.84 Å². The Hall–Kier alpha value is -0.590. The molecule has 0 fully saturated rings. The fraction of sp³-hybridized carbons (Fsp3) is 0.308. The molecule has 1 atom stereocenters. The zero-order valence-electron chi connectivity index (χ0n) is 10.7. The van der Waals surface area contributed by atoms with Gasteiger partial charge in [-0.2, -0.15) is 5.10 Å². The van der Waals surface area contributed by atoms with E-state index in [0.717, 1.165) is 4.47 Å². The summed E-state index contributed by atoms with van der Waals surface area (Å²) in [5, 5.41) is 15.7. The van der Waals surface area contributed by atoms with Crippen LogP contribution in [0, 0.1) is 0 Å². The number of ether oxygens (including phenoxy) is 1. The summed E-state index contributed by atoms with van der Waals surface area (Å²) >= 11 is 15.3. The van der Waals surface area contributed by atoms with Crippen LogP contribution in [0.4, 0.5) is 0 Å². The summed E-state index contributed by atoms with van der Waals surface area (Å²) in [5.41, 5.74) is 1.25. The van der Waals surface area contributed by atoms with E-state index in [-0.39, 0.29) is 0 Å². The Bertz CT molecular complexity index is 584. The molecule has 0 aliphatic carbocycles. The maximum absolute atomic E-state index is 10.5. The fourth-order valence-corrected chi connectivity index (χ4v) is 2.95. The van der Waals surface area contributed by atoms with Crippen LogP contribution < -0.4 is 0 Å². The number of methoxy groups -OCH3 is 1. The Morgan fingerprint density at radius 2 is 2.00 bits per heavy atom. The van der Waals surface area contributed by atoms with Crippen molar-refractivity contribution in [2.75, 3.05) is 13.7 Å². The van der Waals surface area contributed by atoms with E-state index in [1.165, 1.54) is 0 Å². The molecule has 1 unspecified atom stereocenters. The van der Waals surface area contributed by atoms with Gasteiger partial charge in [0.2, 0.25) is 0 Å². The molecule has 1 heterocycles. The van der Waals surface area contributed by atoms with Crippen molar-refractivity contribution in [1.29, 1.82) is 0 Å². The lowest BCUT2D eigenvalue weighted by atomic mass is 10.1. The Kier molecular flexibility index (Phi) is 5.46. The van der Waals surface area contributed by atoms with Crippen molar-refractivity contribution in [3.8, 4) is 0 Å². The minimum absolute atomic E-state index is 0.477. The molecule has 0 radical (unpaired) electrons. The lowest BCUT2D eigenvalue weighted by Crippen LogP contribution is -2.13. The molecule has 108 valence electrons. The predicted molar refractivity (Wildman–Crippen MR) is 82.3 cm³/mol. The summed E-state index contributed by atoms with van der Waals surface area (Å²) in [6.45, 7) is 1.05. The highest BCUT2D eigenvalue weighted by atomic mass is 79.9. The Morgan fingerprint density at radius 3 is 2.60 bits per heavy atom. The van der Waals surface area contributed by atoms with E-state index in [4.69, 9.17) is 27.9 Å². The molecule has 0 amide bonds. The van der Waals surface area contributed by atoms with Gasteiger partial charge >= 0.3 is 0 Å². The van der Waals surface area contributed by atoms with Crippen LogP contribution in [0.25, 0.3) is 0 Å². The van der Waals surface area contributed by atoms with Crippen molar-refractivity contribution in [3.63, 3.8) is 0 Å². The van der Waals surface area contributed by atoms with Crippen LogP contribution >= 0.6 is 39.1 Å². The first-order valence-corrected chi connectivity index (χ1v) is 7.42. The first-order valence-electron chi connectivity index (χ1n) is 5.87. The minimum atomic E-state index is -0.875. The summed E-state index contributed by atoms with van der Waals surface area (Å²) in [6, 6.07) is 4.98. The van der Waals surface area contributed by atoms with E-state index >= 15 is 0 Å². The van der Waals surface area contributed by atoms with E-state index < -0.39 is 6.10 Å². The molecular formula is C13H13BrCl2N2O2. The van der Waals surface area contributed by atoms with Crippen molar-refractivity contribution in [1.82, 2.24) is 9.78 Å². The Morgan fingerprint density at radius 1 is 1.35 bits per heavy atom. The minimum Gasteiger partial charge on any atom is -0.383 e. The standard InChI is InChI=1S/C13H13BrCl2N2O2/c1-20-3-2-18-12(11(14)7-17-18)13(19)8-4-9(15)6-10(16)5-8/h4-7,13,19H,2-3H2,1H3. The van der Waals surface area contributed by atoms with Gasteiger partial charge in [0.05, 0.1) is 29.5 Å². The number of hydrogen-bond acceptors (Lipinski definition) is 3. The smallest absolute Gasteiger partial charge is 0.122 e. The van der Waals surface area contributed by atoms with Gasteiger partial charge in [0.1, 0.15) is 6.10 Å². The quantitative estimate of drug-likeness (QED) is 0.861. The van der Waals surface area contributed by atoms with E-state index in [1.54, 1.807) is 36.2 Å². The van der Waals surface area contributed by atoms with Crippen LogP contribution in [0.3, 0.4) is 0 Å². The van der Waals surface area contributed by atoms with Crippen LogP contribution in [0.5, 0.6) is 0 Å². The second-order valence-corrected chi connectivity index (χ2v) is 5.93. The molecule has 0 saturated heterocycles. The first-order chi connectivity index (χ1) is 9.52. The van der Waals surface area contributed by atoms with Gasteiger partial charge in [-0.15, -0.1) is 0 Å². The zero-order chi connectivity index (χ0) is 14.7. The third-order valence-corrected chi connectivity index (χ3v) is 3.85. The van der Waals surface area contributed by atoms with Crippen LogP contribution in [0.15, 0.2) is 28.9 Å². The fourth-order valence-electron chi connectivity index (χ4n) is 1.89. The van der Waals surface area contributed by atoms with Crippen molar-refractivity contribution >= 4 is 39.1 Å². The first kappa shape index (κ1) is 15.8. The average molecular weight is 380 g/mol. The van der Waals surface area contributed by atoms with Crippen molar-refractivity contribution in [2.45, 2.75) is 12.6 Å². The summed E-state index contributed by atoms with van der Waals surface area (Å²) in [5.74, 6) is 0. The topological polar surface area (TPSA) is 47.3 Å². The maximum atomic E-state index is 10.5. The summed E-state index contributed by atoms with van der Waals surface area (Å²) < 4.78 is 7.44. The van der Waals surface area contributed by atoms with Crippen molar-refractivity contribution < 1.29 is 9.84 Å². The molecule has 0 aliphatic heterocycles. The molecule has 4 nitrogen and oxygen atoms in total. The number of aromatic nitrogens is 2. The highest BCUT2D eigenvalue weighted by Crippen LogP contribution is 2.31. The predicted octanol–water partition coefficient (Wildman–Crippen LogP) is 3.68. The maximum Gasteiger partial charge on any atom is 0.122 e. The largest absolute Gasteiger partial charge is 0.383 e. The van der Waals surface area contributed by atoms with E-state index in [0.29, 0.717) is 34.5 Å². The third-order valence-electron chi connectivity index (χ3n) is 2.80. The lowest BCUT2D eigenvalue weighted by Gasteiger charge is -2.15. The molecular weight excluding hydrogens is 367 g/mol. The third kappa shape index (κ3) is 3.54. The van der Waals surface area contributed by atoms with E-state index in [1.807, 2.05) is 0 Å². The summed E-state index contributed by atoms with van der Waals surface area (Å²) in [6.07, 6.45) is 0.764. The summed E-state index contributed by atoms with van der Waals surface area (Å²) in [7, 11) is 1.62. The summed E-state index contributed by atoms with van der Waals surface area (Å²) in [4.78, 5) is 0. The van der Waals surface area contributed by atoms with Gasteiger partial charge in [-0.25, -0.2) is 0 Å². The Balaban J connectivity index is 2.36. The SMILES string of the molecule is COCCn1ncc(Br)c1C(O)c1cc(Cl)cc(Cl)c1. The second-order valence-electron chi connectivity index (χ2n) is 4.20. The van der Waals surface area contributed by atoms with Crippen LogP contribution in [0.1, 0.15) is 17.4 Å². The number of nitrogens with zero attached hydrogens (tertiary/aromatic N) is 2. The number of hydrogen-bond donors (Lipinski definition) is 1. The van der Waals surface area contributed by atoms with E-state index in [9.17, 15) is 5.11 Å². The molecule has 20 heavy (non-hydrogen) atoms. The van der Waals surface area contributed by atoms with Gasteiger partial charge in [-0.1, -0.05) is 23.2 Å². The number of aliphatic hydroxyl groups is 1. The normalized spacial score (nSPS) is 12.7. The van der Waals surface area contributed by atoms with Gasteiger partial charge in [-0.3, -0.25) is 4.68 Å². The monoisotopic (exact) mass is 378 g/mol. The van der Waals surface area contributed by atoms with Gasteiger partial charge in [0, 0.05) is 17.2 Å². The van der Waals surface area contributed by atoms with Crippen molar-refractivity contribution in [3.05, 3.63) is 50.2 Å². The van der Waals surface area contributed by atoms with Gasteiger partial charge in [0.25, 0.3) is 0 Å². The molecule has 2 rings (SSSR count). The lowest BCUT2D eigenvalue weighted by molar-refractivity contribution is 0.171. The van der Waals surface area contributed by atoms with Crippen LogP contribution in [-0.4, -0.2) is 28.6 Å². The average Bonchev–Trinajstić information content (AvgIpc) is 2.75. The number of benzene rings is 1. The molecule has 0 aliphatic rings. The van der Waals surface area contributed by atoms with Crippen LogP contribution in [-0.2, 0) is 11.3 Å². The van der Waals surface area contributed by atoms with E-state index in [2.05, 4.69) is 21.0 Å². The second kappa shape index (κ2) is 6.91. The molecule has 0 saturated carbocycles. The molecule has 2 aromatic rings. The highest BCUT2D eigenvalue weighted by Gasteiger charge is 2.20. The molecule has 1 aromatic carbocycles. The molecule has 7 heteroatoms. The van der Waals surface area contributed by atoms with Gasteiger partial charge in [-0.05, 0) is 39.7 Å². The van der Waals surface area contributed by atoms with Gasteiger partial charge in [0.15, 0.2) is 0 Å². The molecule has 0 bridgehead atoms. The highest BCUT2D eigenvalue weighted by molar-refractivity contribution is 9.10. The van der Waals surface area contributed by atoms with Crippen molar-refractivity contribution in [2.24, 2.45) is 0 Å². The molecule has 1 aromatic heterocycles. The number of rotatable bonds is 5. The number of aliphatic hydroxyl groups excluding tert-OH is 1. The zero-order valence-corrected chi connectivity index (χ0v) is 13.8. The molecule has 0 spiro atoms. The van der Waals surface area contributed by atoms with Crippen LogP contribution in [0.2, 0.25) is 10.0 Å². The number of halogens is 3. The Labute approximate surface area is 135 Å². The molecule has 1 N–H and O–H groups in total.